The van der Waals surface area contributed by atoms with Crippen LogP contribution in [0.15, 0.2) is 33.9 Å². The third kappa shape index (κ3) is 4.39. The summed E-state index contributed by atoms with van der Waals surface area (Å²) in [7, 11) is 0. The van der Waals surface area contributed by atoms with Crippen molar-refractivity contribution in [1.82, 2.24) is 15.1 Å². The first kappa shape index (κ1) is 16.1. The summed E-state index contributed by atoms with van der Waals surface area (Å²) >= 11 is 7.42. The van der Waals surface area contributed by atoms with Gasteiger partial charge in [0.15, 0.2) is 0 Å². The van der Waals surface area contributed by atoms with E-state index in [-0.39, 0.29) is 5.91 Å². The first-order chi connectivity index (χ1) is 11.2. The van der Waals surface area contributed by atoms with E-state index >= 15 is 0 Å². The van der Waals surface area contributed by atoms with Crippen LogP contribution in [0.3, 0.4) is 0 Å². The lowest BCUT2D eigenvalue weighted by atomic mass is 10.3. The van der Waals surface area contributed by atoms with Gasteiger partial charge in [-0.15, -0.1) is 10.2 Å². The van der Waals surface area contributed by atoms with Crippen molar-refractivity contribution in [3.05, 3.63) is 35.2 Å². The lowest BCUT2D eigenvalue weighted by Crippen LogP contribution is -2.23. The molecule has 23 heavy (non-hydrogen) atoms. The number of benzene rings is 1. The second kappa shape index (κ2) is 7.70. The molecule has 0 unspecified atom stereocenters. The maximum atomic E-state index is 11.6. The highest BCUT2D eigenvalue weighted by molar-refractivity contribution is 7.99. The van der Waals surface area contributed by atoms with Gasteiger partial charge in [-0.05, 0) is 18.6 Å². The number of amides is 1. The molecule has 0 aliphatic carbocycles. The average Bonchev–Trinajstić information content (AvgIpc) is 3.16. The highest BCUT2D eigenvalue weighted by Gasteiger charge is 2.22. The van der Waals surface area contributed by atoms with E-state index in [1.807, 2.05) is 18.2 Å². The maximum Gasteiger partial charge on any atom is 0.276 e. The van der Waals surface area contributed by atoms with Crippen LogP contribution in [0.1, 0.15) is 18.7 Å². The van der Waals surface area contributed by atoms with Crippen LogP contribution in [-0.2, 0) is 11.3 Å². The van der Waals surface area contributed by atoms with Crippen LogP contribution in [-0.4, -0.2) is 39.9 Å². The Kier molecular flexibility index (Phi) is 5.40. The Morgan fingerprint density at radius 3 is 3.00 bits per heavy atom. The third-order valence-electron chi connectivity index (χ3n) is 3.35. The fourth-order valence-electron chi connectivity index (χ4n) is 2.24. The Morgan fingerprint density at radius 2 is 2.22 bits per heavy atom. The van der Waals surface area contributed by atoms with Gasteiger partial charge < -0.3 is 14.1 Å². The van der Waals surface area contributed by atoms with Crippen molar-refractivity contribution in [3.63, 3.8) is 0 Å². The Hall–Kier alpha value is -1.73. The van der Waals surface area contributed by atoms with Gasteiger partial charge in [-0.2, -0.15) is 0 Å². The number of hydrogen-bond acceptors (Lipinski definition) is 6. The van der Waals surface area contributed by atoms with Crippen LogP contribution in [0, 0.1) is 0 Å². The number of rotatable bonds is 7. The molecule has 1 aliphatic heterocycles. The number of para-hydroxylation sites is 1. The fourth-order valence-corrected chi connectivity index (χ4v) is 3.02. The van der Waals surface area contributed by atoms with Crippen LogP contribution < -0.4 is 4.74 Å². The maximum absolute atomic E-state index is 11.6. The van der Waals surface area contributed by atoms with Crippen molar-refractivity contribution in [2.45, 2.75) is 24.6 Å². The largest absolute Gasteiger partial charge is 0.491 e. The van der Waals surface area contributed by atoms with Crippen LogP contribution in [0.5, 0.6) is 5.75 Å². The number of carbonyl (C=O) groups is 1. The van der Waals surface area contributed by atoms with Crippen molar-refractivity contribution in [2.75, 3.05) is 18.9 Å². The van der Waals surface area contributed by atoms with E-state index < -0.39 is 0 Å². The molecule has 1 aromatic heterocycles. The predicted molar refractivity (Wildman–Crippen MR) is 86.6 cm³/mol. The minimum Gasteiger partial charge on any atom is -0.491 e. The summed E-state index contributed by atoms with van der Waals surface area (Å²) in [6, 6.07) is 7.34. The number of carbonyl (C=O) groups excluding carboxylic acids is 1. The summed E-state index contributed by atoms with van der Waals surface area (Å²) in [6.07, 6.45) is 1.50. The molecule has 0 N–H and O–H groups in total. The number of halogens is 1. The second-order valence-corrected chi connectivity index (χ2v) is 6.46. The molecule has 6 nitrogen and oxygen atoms in total. The van der Waals surface area contributed by atoms with Gasteiger partial charge in [0.1, 0.15) is 5.75 Å². The molecule has 1 fully saturated rings. The highest BCUT2D eigenvalue weighted by Crippen LogP contribution is 2.24. The number of ether oxygens (including phenoxy) is 1. The first-order valence-corrected chi connectivity index (χ1v) is 8.69. The minimum atomic E-state index is 0.144. The van der Waals surface area contributed by atoms with Gasteiger partial charge in [-0.25, -0.2) is 0 Å². The molecule has 2 heterocycles. The summed E-state index contributed by atoms with van der Waals surface area (Å²) in [6.45, 7) is 1.63. The zero-order valence-electron chi connectivity index (χ0n) is 12.4. The molecular formula is C15H16ClN3O3S. The van der Waals surface area contributed by atoms with Crippen LogP contribution >= 0.6 is 23.4 Å². The lowest BCUT2D eigenvalue weighted by molar-refractivity contribution is -0.128. The predicted octanol–water partition coefficient (Wildman–Crippen LogP) is 3.02. The number of nitrogens with zero attached hydrogens (tertiary/aromatic N) is 3. The van der Waals surface area contributed by atoms with Gasteiger partial charge in [0.05, 0.1) is 18.2 Å². The molecule has 0 saturated carbocycles. The molecule has 1 aliphatic rings. The molecule has 1 amide bonds. The van der Waals surface area contributed by atoms with E-state index in [1.54, 1.807) is 11.0 Å². The minimum absolute atomic E-state index is 0.144. The van der Waals surface area contributed by atoms with E-state index in [0.29, 0.717) is 47.2 Å². The molecule has 1 aromatic carbocycles. The summed E-state index contributed by atoms with van der Waals surface area (Å²) in [5.74, 6) is 1.93. The topological polar surface area (TPSA) is 68.5 Å². The van der Waals surface area contributed by atoms with Gasteiger partial charge in [-0.3, -0.25) is 4.79 Å². The molecule has 3 rings (SSSR count). The first-order valence-electron chi connectivity index (χ1n) is 7.32. The van der Waals surface area contributed by atoms with Gasteiger partial charge in [0.2, 0.25) is 11.8 Å². The van der Waals surface area contributed by atoms with Crippen molar-refractivity contribution in [2.24, 2.45) is 0 Å². The SMILES string of the molecule is O=C1CCCN1Cc1nnc(SCCOc2ccccc2Cl)o1. The van der Waals surface area contributed by atoms with Gasteiger partial charge in [0, 0.05) is 18.7 Å². The van der Waals surface area contributed by atoms with Gasteiger partial charge >= 0.3 is 0 Å². The second-order valence-electron chi connectivity index (χ2n) is 5.01. The number of aromatic nitrogens is 2. The molecule has 1 saturated heterocycles. The summed E-state index contributed by atoms with van der Waals surface area (Å²) < 4.78 is 11.1. The normalized spacial score (nSPS) is 14.5. The molecule has 0 bridgehead atoms. The number of likely N-dealkylation sites (tertiary alicyclic amines) is 1. The zero-order chi connectivity index (χ0) is 16.1. The standard InChI is InChI=1S/C15H16ClN3O3S/c16-11-4-1-2-5-12(11)21-8-9-23-15-18-17-13(22-15)10-19-7-3-6-14(19)20/h1-2,4-5H,3,6-10H2. The van der Waals surface area contributed by atoms with E-state index in [0.717, 1.165) is 13.0 Å². The Morgan fingerprint density at radius 1 is 1.35 bits per heavy atom. The Balaban J connectivity index is 1.42. The monoisotopic (exact) mass is 353 g/mol. The van der Waals surface area contributed by atoms with E-state index in [2.05, 4.69) is 10.2 Å². The van der Waals surface area contributed by atoms with E-state index in [9.17, 15) is 4.79 Å². The average molecular weight is 354 g/mol. The highest BCUT2D eigenvalue weighted by atomic mass is 35.5. The summed E-state index contributed by atoms with van der Waals surface area (Å²) in [5.41, 5.74) is 0. The van der Waals surface area contributed by atoms with Crippen molar-refractivity contribution >= 4 is 29.3 Å². The zero-order valence-corrected chi connectivity index (χ0v) is 14.0. The number of thioether (sulfide) groups is 1. The molecule has 0 spiro atoms. The van der Waals surface area contributed by atoms with E-state index in [4.69, 9.17) is 20.8 Å². The van der Waals surface area contributed by atoms with Crippen LogP contribution in [0.4, 0.5) is 0 Å². The molecule has 2 aromatic rings. The Bertz CT molecular complexity index is 679. The Labute approximate surface area is 143 Å². The molecule has 0 atom stereocenters. The van der Waals surface area contributed by atoms with Crippen molar-refractivity contribution in [1.29, 1.82) is 0 Å². The van der Waals surface area contributed by atoms with Crippen molar-refractivity contribution < 1.29 is 13.9 Å². The molecule has 122 valence electrons. The summed E-state index contributed by atoms with van der Waals surface area (Å²) in [5, 5.41) is 9.02. The lowest BCUT2D eigenvalue weighted by Gasteiger charge is -2.11. The van der Waals surface area contributed by atoms with Gasteiger partial charge in [0.25, 0.3) is 5.22 Å². The van der Waals surface area contributed by atoms with Crippen molar-refractivity contribution in [3.8, 4) is 5.75 Å². The number of hydrogen-bond donors (Lipinski definition) is 0. The smallest absolute Gasteiger partial charge is 0.276 e. The van der Waals surface area contributed by atoms with Gasteiger partial charge in [-0.1, -0.05) is 35.5 Å². The molecular weight excluding hydrogens is 338 g/mol. The van der Waals surface area contributed by atoms with Crippen LogP contribution in [0.2, 0.25) is 5.02 Å². The third-order valence-corrected chi connectivity index (χ3v) is 4.44. The fraction of sp³-hybridized carbons (Fsp3) is 0.400. The van der Waals surface area contributed by atoms with E-state index in [1.165, 1.54) is 11.8 Å². The van der Waals surface area contributed by atoms with Crippen LogP contribution in [0.25, 0.3) is 0 Å². The molecule has 8 heteroatoms. The molecule has 0 radical (unpaired) electrons. The summed E-state index contributed by atoms with van der Waals surface area (Å²) in [4.78, 5) is 13.3. The quantitative estimate of drug-likeness (QED) is 0.563.